The number of hydrogen-bond acceptors (Lipinski definition) is 5. The lowest BCUT2D eigenvalue weighted by atomic mass is 10.0. The number of aromatic nitrogens is 1. The summed E-state index contributed by atoms with van der Waals surface area (Å²) in [5.41, 5.74) is 2.21. The lowest BCUT2D eigenvalue weighted by Gasteiger charge is -2.13. The van der Waals surface area contributed by atoms with Gasteiger partial charge in [0, 0.05) is 22.2 Å². The normalized spacial score (nSPS) is 11.8. The summed E-state index contributed by atoms with van der Waals surface area (Å²) in [5, 5.41) is 0.830. The molecule has 0 saturated carbocycles. The highest BCUT2D eigenvalue weighted by molar-refractivity contribution is 6.11. The van der Waals surface area contributed by atoms with Gasteiger partial charge in [-0.05, 0) is 51.1 Å². The second-order valence-corrected chi connectivity index (χ2v) is 6.67. The number of hydrogen-bond donors (Lipinski definition) is 1. The fourth-order valence-corrected chi connectivity index (χ4v) is 3.16. The van der Waals surface area contributed by atoms with Gasteiger partial charge in [-0.1, -0.05) is 18.2 Å². The molecule has 1 atom stereocenters. The number of Topliss-reactive ketones (excluding diaryl/α,β-unsaturated/α-hetero) is 1. The van der Waals surface area contributed by atoms with Crippen LogP contribution in [0.2, 0.25) is 0 Å². The van der Waals surface area contributed by atoms with E-state index in [1.54, 1.807) is 31.2 Å². The molecule has 2 aromatic carbocycles. The van der Waals surface area contributed by atoms with Crippen LogP contribution < -0.4 is 9.47 Å². The SMILES string of the molecule is CCOc1ccc(OCCC(=O)OC(C)C(=O)c2c(C)[nH]c3ccccc23)cc1. The van der Waals surface area contributed by atoms with Crippen LogP contribution >= 0.6 is 0 Å². The summed E-state index contributed by atoms with van der Waals surface area (Å²) in [5.74, 6) is 0.703. The molecule has 0 bridgehead atoms. The van der Waals surface area contributed by atoms with Crippen LogP contribution in [0.25, 0.3) is 10.9 Å². The lowest BCUT2D eigenvalue weighted by Crippen LogP contribution is -2.25. The van der Waals surface area contributed by atoms with E-state index < -0.39 is 12.1 Å². The molecule has 0 aliphatic carbocycles. The first-order valence-corrected chi connectivity index (χ1v) is 9.66. The van der Waals surface area contributed by atoms with Crippen molar-refractivity contribution in [1.29, 1.82) is 0 Å². The minimum atomic E-state index is -0.870. The largest absolute Gasteiger partial charge is 0.494 e. The molecule has 3 aromatic rings. The summed E-state index contributed by atoms with van der Waals surface area (Å²) in [6, 6.07) is 14.7. The maximum atomic E-state index is 12.8. The Hall–Kier alpha value is -3.28. The highest BCUT2D eigenvalue weighted by Crippen LogP contribution is 2.24. The molecule has 6 nitrogen and oxygen atoms in total. The zero-order valence-corrected chi connectivity index (χ0v) is 16.9. The first-order valence-electron chi connectivity index (χ1n) is 9.66. The van der Waals surface area contributed by atoms with E-state index in [9.17, 15) is 9.59 Å². The van der Waals surface area contributed by atoms with E-state index in [-0.39, 0.29) is 18.8 Å². The number of nitrogens with one attached hydrogen (secondary N) is 1. The molecule has 0 spiro atoms. The number of carbonyl (C=O) groups excluding carboxylic acids is 2. The van der Waals surface area contributed by atoms with Crippen molar-refractivity contribution >= 4 is 22.7 Å². The van der Waals surface area contributed by atoms with Crippen LogP contribution in [-0.4, -0.2) is 36.1 Å². The standard InChI is InChI=1S/C23H25NO5/c1-4-27-17-9-11-18(12-10-17)28-14-13-21(25)29-16(3)23(26)22-15(2)24-20-8-6-5-7-19(20)22/h5-12,16,24H,4,13-14H2,1-3H3. The van der Waals surface area contributed by atoms with E-state index in [0.29, 0.717) is 17.9 Å². The lowest BCUT2D eigenvalue weighted by molar-refractivity contribution is -0.146. The molecule has 152 valence electrons. The first kappa shape index (κ1) is 20.5. The maximum Gasteiger partial charge on any atom is 0.309 e. The summed E-state index contributed by atoms with van der Waals surface area (Å²) >= 11 is 0. The van der Waals surface area contributed by atoms with E-state index >= 15 is 0 Å². The number of aryl methyl sites for hydroxylation is 1. The fourth-order valence-electron chi connectivity index (χ4n) is 3.16. The molecule has 1 unspecified atom stereocenters. The Morgan fingerprint density at radius 3 is 2.34 bits per heavy atom. The van der Waals surface area contributed by atoms with Crippen molar-refractivity contribution in [2.45, 2.75) is 33.3 Å². The molecule has 0 amide bonds. The third-order valence-corrected chi connectivity index (χ3v) is 4.53. The van der Waals surface area contributed by atoms with Crippen LogP contribution in [-0.2, 0) is 9.53 Å². The van der Waals surface area contributed by atoms with Gasteiger partial charge in [0.15, 0.2) is 6.10 Å². The van der Waals surface area contributed by atoms with Crippen LogP contribution in [0.1, 0.15) is 36.3 Å². The summed E-state index contributed by atoms with van der Waals surface area (Å²) in [6.07, 6.45) is -0.816. The van der Waals surface area contributed by atoms with Gasteiger partial charge in [0.05, 0.1) is 19.6 Å². The number of esters is 1. The van der Waals surface area contributed by atoms with Gasteiger partial charge < -0.3 is 19.2 Å². The van der Waals surface area contributed by atoms with Crippen LogP contribution in [0.3, 0.4) is 0 Å². The Kier molecular flexibility index (Phi) is 6.54. The number of aromatic amines is 1. The zero-order valence-electron chi connectivity index (χ0n) is 16.9. The number of carbonyl (C=O) groups is 2. The average molecular weight is 395 g/mol. The average Bonchev–Trinajstić information content (AvgIpc) is 3.04. The van der Waals surface area contributed by atoms with E-state index in [1.807, 2.05) is 38.1 Å². The van der Waals surface area contributed by atoms with E-state index in [0.717, 1.165) is 22.3 Å². The Labute approximate surface area is 169 Å². The Bertz CT molecular complexity index is 990. The number of benzene rings is 2. The quantitative estimate of drug-likeness (QED) is 0.428. The third kappa shape index (κ3) is 4.96. The van der Waals surface area contributed by atoms with Crippen LogP contribution in [0, 0.1) is 6.92 Å². The molecular weight excluding hydrogens is 370 g/mol. The number of para-hydroxylation sites is 1. The molecule has 29 heavy (non-hydrogen) atoms. The highest BCUT2D eigenvalue weighted by Gasteiger charge is 2.24. The molecule has 0 aliphatic heterocycles. The summed E-state index contributed by atoms with van der Waals surface area (Å²) < 4.78 is 16.3. The van der Waals surface area contributed by atoms with Crippen molar-refractivity contribution in [3.63, 3.8) is 0 Å². The van der Waals surface area contributed by atoms with Crippen molar-refractivity contribution in [3.05, 3.63) is 59.8 Å². The van der Waals surface area contributed by atoms with Crippen molar-refractivity contribution in [2.75, 3.05) is 13.2 Å². The zero-order chi connectivity index (χ0) is 20.8. The second-order valence-electron chi connectivity index (χ2n) is 6.67. The van der Waals surface area contributed by atoms with Crippen molar-refractivity contribution in [1.82, 2.24) is 4.98 Å². The number of ketones is 1. The highest BCUT2D eigenvalue weighted by atomic mass is 16.5. The molecule has 0 radical (unpaired) electrons. The topological polar surface area (TPSA) is 77.6 Å². The van der Waals surface area contributed by atoms with Gasteiger partial charge in [-0.25, -0.2) is 0 Å². The van der Waals surface area contributed by atoms with Crippen molar-refractivity contribution in [2.24, 2.45) is 0 Å². The second kappa shape index (κ2) is 9.28. The van der Waals surface area contributed by atoms with Gasteiger partial charge in [0.2, 0.25) is 5.78 Å². The van der Waals surface area contributed by atoms with Gasteiger partial charge in [-0.3, -0.25) is 9.59 Å². The summed E-state index contributed by atoms with van der Waals surface area (Å²) in [4.78, 5) is 28.1. The van der Waals surface area contributed by atoms with E-state index in [2.05, 4.69) is 4.98 Å². The minimum Gasteiger partial charge on any atom is -0.494 e. The minimum absolute atomic E-state index is 0.0533. The van der Waals surface area contributed by atoms with Crippen LogP contribution in [0.4, 0.5) is 0 Å². The number of rotatable bonds is 9. The first-order chi connectivity index (χ1) is 14.0. The van der Waals surface area contributed by atoms with Gasteiger partial charge in [-0.15, -0.1) is 0 Å². The molecule has 1 aromatic heterocycles. The molecule has 0 aliphatic rings. The molecule has 1 N–H and O–H groups in total. The van der Waals surface area contributed by atoms with E-state index in [4.69, 9.17) is 14.2 Å². The van der Waals surface area contributed by atoms with Crippen molar-refractivity contribution in [3.8, 4) is 11.5 Å². The van der Waals surface area contributed by atoms with Gasteiger partial charge in [0.25, 0.3) is 0 Å². The van der Waals surface area contributed by atoms with Gasteiger partial charge in [-0.2, -0.15) is 0 Å². The van der Waals surface area contributed by atoms with Gasteiger partial charge in [0.1, 0.15) is 11.5 Å². The van der Waals surface area contributed by atoms with Crippen molar-refractivity contribution < 1.29 is 23.8 Å². The van der Waals surface area contributed by atoms with Crippen LogP contribution in [0.15, 0.2) is 48.5 Å². The monoisotopic (exact) mass is 395 g/mol. The maximum absolute atomic E-state index is 12.8. The van der Waals surface area contributed by atoms with Gasteiger partial charge >= 0.3 is 5.97 Å². The van der Waals surface area contributed by atoms with E-state index in [1.165, 1.54) is 0 Å². The predicted octanol–water partition coefficient (Wildman–Crippen LogP) is 4.46. The molecule has 3 rings (SSSR count). The Balaban J connectivity index is 1.52. The number of H-pyrrole nitrogens is 1. The third-order valence-electron chi connectivity index (χ3n) is 4.53. The Morgan fingerprint density at radius 1 is 1.00 bits per heavy atom. The molecule has 0 saturated heterocycles. The molecule has 6 heteroatoms. The molecule has 1 heterocycles. The van der Waals surface area contributed by atoms with Crippen LogP contribution in [0.5, 0.6) is 11.5 Å². The number of fused-ring (bicyclic) bond motifs is 1. The molecule has 0 fully saturated rings. The smallest absolute Gasteiger partial charge is 0.309 e. The molecular formula is C23H25NO5. The Morgan fingerprint density at radius 2 is 1.66 bits per heavy atom. The summed E-state index contributed by atoms with van der Waals surface area (Å²) in [7, 11) is 0. The summed E-state index contributed by atoms with van der Waals surface area (Å²) in [6.45, 7) is 6.11. The number of ether oxygens (including phenoxy) is 3. The fraction of sp³-hybridized carbons (Fsp3) is 0.304. The predicted molar refractivity (Wildman–Crippen MR) is 111 cm³/mol.